The average Bonchev–Trinajstić information content (AvgIpc) is 2.58. The zero-order valence-electron chi connectivity index (χ0n) is 12.5. The first-order chi connectivity index (χ1) is 11.5. The van der Waals surface area contributed by atoms with Gasteiger partial charge in [0, 0.05) is 5.56 Å². The lowest BCUT2D eigenvalue weighted by atomic mass is 10.2. The Morgan fingerprint density at radius 2 is 2.04 bits per heavy atom. The summed E-state index contributed by atoms with van der Waals surface area (Å²) in [4.78, 5) is 15.9. The summed E-state index contributed by atoms with van der Waals surface area (Å²) in [7, 11) is 0. The summed E-state index contributed by atoms with van der Waals surface area (Å²) in [6.07, 6.45) is 1.44. The molecular formula is C15H13Cl3N4O2. The summed E-state index contributed by atoms with van der Waals surface area (Å²) in [5.41, 5.74) is 8.49. The minimum Gasteiger partial charge on any atom is -0.493 e. The molecule has 0 saturated heterocycles. The van der Waals surface area contributed by atoms with Crippen LogP contribution in [0.25, 0.3) is 0 Å². The van der Waals surface area contributed by atoms with E-state index in [1.165, 1.54) is 6.21 Å². The van der Waals surface area contributed by atoms with Gasteiger partial charge < -0.3 is 10.5 Å². The van der Waals surface area contributed by atoms with Crippen LogP contribution in [0.2, 0.25) is 15.2 Å². The number of carbonyl (C=O) groups excluding carboxylic acids is 1. The zero-order valence-corrected chi connectivity index (χ0v) is 14.8. The number of ether oxygens (including phenoxy) is 1. The lowest BCUT2D eigenvalue weighted by Crippen LogP contribution is -2.20. The Labute approximate surface area is 153 Å². The van der Waals surface area contributed by atoms with Crippen molar-refractivity contribution >= 4 is 52.6 Å². The first-order valence-corrected chi connectivity index (χ1v) is 7.94. The van der Waals surface area contributed by atoms with Crippen LogP contribution in [0.5, 0.6) is 5.75 Å². The van der Waals surface area contributed by atoms with Crippen LogP contribution in [0.1, 0.15) is 23.0 Å². The minimum atomic E-state index is -0.671. The largest absolute Gasteiger partial charge is 0.493 e. The number of rotatable bonds is 5. The second-order valence-corrected chi connectivity index (χ2v) is 5.58. The van der Waals surface area contributed by atoms with Crippen LogP contribution in [-0.2, 0) is 0 Å². The maximum Gasteiger partial charge on any atom is 0.291 e. The number of halogens is 3. The average molecular weight is 388 g/mol. The monoisotopic (exact) mass is 386 g/mol. The number of hydrogen-bond donors (Lipinski definition) is 2. The Balaban J connectivity index is 2.17. The highest BCUT2D eigenvalue weighted by atomic mass is 35.5. The van der Waals surface area contributed by atoms with E-state index in [4.69, 9.17) is 45.3 Å². The number of amides is 1. The van der Waals surface area contributed by atoms with E-state index >= 15 is 0 Å². The summed E-state index contributed by atoms with van der Waals surface area (Å²) in [5, 5.41) is 3.65. The lowest BCUT2D eigenvalue weighted by molar-refractivity contribution is 0.0950. The quantitative estimate of drug-likeness (QED) is 0.464. The lowest BCUT2D eigenvalue weighted by Gasteiger charge is -2.08. The van der Waals surface area contributed by atoms with E-state index in [1.54, 1.807) is 12.1 Å². The number of nitrogens with zero attached hydrogens (tertiary/aromatic N) is 2. The summed E-state index contributed by atoms with van der Waals surface area (Å²) >= 11 is 17.6. The van der Waals surface area contributed by atoms with Crippen LogP contribution >= 0.6 is 34.8 Å². The SMILES string of the molecule is CCOc1ccccc1/C=N/NC(=O)c1nc(Cl)c(Cl)c(N)c1Cl. The third kappa shape index (κ3) is 4.08. The van der Waals surface area contributed by atoms with Crippen molar-refractivity contribution in [1.82, 2.24) is 10.4 Å². The van der Waals surface area contributed by atoms with Crippen LogP contribution in [0.15, 0.2) is 29.4 Å². The molecule has 2 aromatic rings. The number of nitrogen functional groups attached to an aromatic ring is 1. The van der Waals surface area contributed by atoms with Crippen LogP contribution < -0.4 is 15.9 Å². The fourth-order valence-corrected chi connectivity index (χ4v) is 2.36. The molecule has 126 valence electrons. The number of nitrogens with one attached hydrogen (secondary N) is 1. The van der Waals surface area contributed by atoms with Crippen molar-refractivity contribution in [3.05, 3.63) is 50.7 Å². The van der Waals surface area contributed by atoms with Gasteiger partial charge in [0.25, 0.3) is 5.91 Å². The Morgan fingerprint density at radius 3 is 2.75 bits per heavy atom. The number of pyridine rings is 1. The first-order valence-electron chi connectivity index (χ1n) is 6.80. The molecule has 0 aliphatic rings. The highest BCUT2D eigenvalue weighted by Gasteiger charge is 2.19. The molecule has 0 spiro atoms. The second-order valence-electron chi connectivity index (χ2n) is 4.46. The Morgan fingerprint density at radius 1 is 1.33 bits per heavy atom. The predicted octanol–water partition coefficient (Wildman–Crippen LogP) is 3.79. The van der Waals surface area contributed by atoms with Crippen molar-refractivity contribution in [3.8, 4) is 5.75 Å². The van der Waals surface area contributed by atoms with Crippen LogP contribution in [-0.4, -0.2) is 23.7 Å². The molecule has 1 aromatic heterocycles. The van der Waals surface area contributed by atoms with Crippen molar-refractivity contribution < 1.29 is 9.53 Å². The molecule has 9 heteroatoms. The molecule has 0 aliphatic heterocycles. The number of benzene rings is 1. The van der Waals surface area contributed by atoms with E-state index < -0.39 is 5.91 Å². The molecule has 0 fully saturated rings. The Hall–Kier alpha value is -2.02. The van der Waals surface area contributed by atoms with E-state index in [0.29, 0.717) is 17.9 Å². The number of aromatic nitrogens is 1. The molecule has 1 heterocycles. The number of nitrogens with two attached hydrogens (primary N) is 1. The van der Waals surface area contributed by atoms with Crippen molar-refractivity contribution in [1.29, 1.82) is 0 Å². The summed E-state index contributed by atoms with van der Waals surface area (Å²) < 4.78 is 5.46. The van der Waals surface area contributed by atoms with E-state index in [0.717, 1.165) is 0 Å². The third-order valence-electron chi connectivity index (χ3n) is 2.88. The van der Waals surface area contributed by atoms with Gasteiger partial charge in [-0.1, -0.05) is 46.9 Å². The molecule has 0 saturated carbocycles. The summed E-state index contributed by atoms with van der Waals surface area (Å²) in [6.45, 7) is 2.39. The smallest absolute Gasteiger partial charge is 0.291 e. The molecule has 0 atom stereocenters. The Kier molecular flexibility index (Phi) is 6.25. The summed E-state index contributed by atoms with van der Waals surface area (Å²) in [6, 6.07) is 7.25. The van der Waals surface area contributed by atoms with E-state index in [2.05, 4.69) is 15.5 Å². The topological polar surface area (TPSA) is 89.6 Å². The molecule has 0 aliphatic carbocycles. The van der Waals surface area contributed by atoms with Crippen LogP contribution in [0, 0.1) is 0 Å². The van der Waals surface area contributed by atoms with Crippen molar-refractivity contribution in [2.75, 3.05) is 12.3 Å². The zero-order chi connectivity index (χ0) is 17.7. The molecule has 1 aromatic carbocycles. The second kappa shape index (κ2) is 8.19. The van der Waals surface area contributed by atoms with Crippen LogP contribution in [0.4, 0.5) is 5.69 Å². The molecular weight excluding hydrogens is 375 g/mol. The van der Waals surface area contributed by atoms with Gasteiger partial charge in [-0.25, -0.2) is 10.4 Å². The van der Waals surface area contributed by atoms with Gasteiger partial charge in [-0.05, 0) is 19.1 Å². The van der Waals surface area contributed by atoms with Crippen molar-refractivity contribution in [3.63, 3.8) is 0 Å². The van der Waals surface area contributed by atoms with E-state index in [9.17, 15) is 4.79 Å². The number of hydrogen-bond acceptors (Lipinski definition) is 5. The maximum atomic E-state index is 12.1. The fraction of sp³-hybridized carbons (Fsp3) is 0.133. The fourth-order valence-electron chi connectivity index (χ4n) is 1.77. The molecule has 2 rings (SSSR count). The molecule has 6 nitrogen and oxygen atoms in total. The normalized spacial score (nSPS) is 10.8. The standard InChI is InChI=1S/C15H13Cl3N4O2/c1-2-24-9-6-4-3-5-8(9)7-20-22-15(23)13-10(16)12(19)11(17)14(18)21-13/h3-7H,2H2,1H3,(H2,19,21)(H,22,23)/b20-7+. The van der Waals surface area contributed by atoms with Crippen LogP contribution in [0.3, 0.4) is 0 Å². The highest BCUT2D eigenvalue weighted by Crippen LogP contribution is 2.34. The van der Waals surface area contributed by atoms with Gasteiger partial charge in [0.1, 0.15) is 10.8 Å². The number of hydrazone groups is 1. The van der Waals surface area contributed by atoms with Gasteiger partial charge in [-0.2, -0.15) is 5.10 Å². The number of para-hydroxylation sites is 1. The van der Waals surface area contributed by atoms with E-state index in [-0.39, 0.29) is 26.6 Å². The third-order valence-corrected chi connectivity index (χ3v) is 4.01. The van der Waals surface area contributed by atoms with Gasteiger partial charge in [0.15, 0.2) is 10.8 Å². The van der Waals surface area contributed by atoms with Gasteiger partial charge in [0.2, 0.25) is 0 Å². The minimum absolute atomic E-state index is 0.00707. The molecule has 0 radical (unpaired) electrons. The van der Waals surface area contributed by atoms with Crippen molar-refractivity contribution in [2.24, 2.45) is 5.10 Å². The van der Waals surface area contributed by atoms with Gasteiger partial charge >= 0.3 is 0 Å². The number of carbonyl (C=O) groups is 1. The van der Waals surface area contributed by atoms with Gasteiger partial charge in [-0.15, -0.1) is 0 Å². The van der Waals surface area contributed by atoms with Crippen molar-refractivity contribution in [2.45, 2.75) is 6.92 Å². The maximum absolute atomic E-state index is 12.1. The van der Waals surface area contributed by atoms with Gasteiger partial charge in [0.05, 0.1) is 23.5 Å². The molecule has 0 bridgehead atoms. The first kappa shape index (κ1) is 18.3. The summed E-state index contributed by atoms with van der Waals surface area (Å²) in [5.74, 6) is -0.0247. The van der Waals surface area contributed by atoms with Gasteiger partial charge in [-0.3, -0.25) is 4.79 Å². The highest BCUT2D eigenvalue weighted by molar-refractivity contribution is 6.46. The van der Waals surface area contributed by atoms with E-state index in [1.807, 2.05) is 19.1 Å². The Bertz CT molecular complexity index is 797. The predicted molar refractivity (Wildman–Crippen MR) is 96.4 cm³/mol. The number of anilines is 1. The molecule has 0 unspecified atom stereocenters. The molecule has 3 N–H and O–H groups in total. The molecule has 24 heavy (non-hydrogen) atoms. The molecule has 1 amide bonds.